The maximum absolute atomic E-state index is 12.6. The Morgan fingerprint density at radius 3 is 2.34 bits per heavy atom. The summed E-state index contributed by atoms with van der Waals surface area (Å²) in [5, 5.41) is 8.25. The van der Waals surface area contributed by atoms with Gasteiger partial charge in [-0.1, -0.05) is 30.3 Å². The van der Waals surface area contributed by atoms with Gasteiger partial charge in [-0.05, 0) is 41.1 Å². The monoisotopic (exact) mass is 440 g/mol. The first-order valence-corrected chi connectivity index (χ1v) is 9.93. The summed E-state index contributed by atoms with van der Waals surface area (Å²) in [7, 11) is 0. The highest BCUT2D eigenvalue weighted by Crippen LogP contribution is 2.30. The summed E-state index contributed by atoms with van der Waals surface area (Å²) in [5.74, 6) is -0.746. The fourth-order valence-electron chi connectivity index (χ4n) is 3.53. The van der Waals surface area contributed by atoms with E-state index in [1.807, 2.05) is 36.4 Å². The highest BCUT2D eigenvalue weighted by Gasteiger charge is 2.30. The van der Waals surface area contributed by atoms with Gasteiger partial charge in [-0.2, -0.15) is 13.2 Å². The number of carbonyl (C=O) groups excluding carboxylic acids is 2. The first-order chi connectivity index (χ1) is 15.3. The minimum absolute atomic E-state index is 0.112. The molecule has 4 rings (SSSR count). The second-order valence-corrected chi connectivity index (χ2v) is 7.28. The SMILES string of the molecule is O=C(Cc1coc2ccc3ccccc3c12)NCCNC(=O)c1ccc(C(F)(F)F)cc1. The molecule has 164 valence electrons. The Labute approximate surface area is 181 Å². The van der Waals surface area contributed by atoms with E-state index >= 15 is 0 Å². The molecule has 0 atom stereocenters. The molecule has 4 aromatic rings. The number of halogens is 3. The third-order valence-electron chi connectivity index (χ3n) is 5.10. The van der Waals surface area contributed by atoms with E-state index in [0.717, 1.165) is 46.0 Å². The highest BCUT2D eigenvalue weighted by atomic mass is 19.4. The second-order valence-electron chi connectivity index (χ2n) is 7.28. The van der Waals surface area contributed by atoms with Gasteiger partial charge in [0.05, 0.1) is 18.2 Å². The average molecular weight is 440 g/mol. The Morgan fingerprint density at radius 2 is 1.59 bits per heavy atom. The summed E-state index contributed by atoms with van der Waals surface area (Å²) >= 11 is 0. The maximum Gasteiger partial charge on any atom is 0.416 e. The van der Waals surface area contributed by atoms with Gasteiger partial charge in [0.15, 0.2) is 0 Å². The predicted molar refractivity (Wildman–Crippen MR) is 114 cm³/mol. The van der Waals surface area contributed by atoms with E-state index in [4.69, 9.17) is 4.42 Å². The van der Waals surface area contributed by atoms with E-state index in [-0.39, 0.29) is 31.0 Å². The zero-order valence-electron chi connectivity index (χ0n) is 16.8. The molecule has 0 saturated heterocycles. The fourth-order valence-corrected chi connectivity index (χ4v) is 3.53. The van der Waals surface area contributed by atoms with Crippen LogP contribution in [0.1, 0.15) is 21.5 Å². The van der Waals surface area contributed by atoms with E-state index in [9.17, 15) is 22.8 Å². The van der Waals surface area contributed by atoms with Crippen molar-refractivity contribution in [1.29, 1.82) is 0 Å². The van der Waals surface area contributed by atoms with Crippen molar-refractivity contribution in [1.82, 2.24) is 10.6 Å². The topological polar surface area (TPSA) is 71.3 Å². The first kappa shape index (κ1) is 21.4. The lowest BCUT2D eigenvalue weighted by atomic mass is 10.0. The molecule has 32 heavy (non-hydrogen) atoms. The molecule has 2 N–H and O–H groups in total. The number of hydrogen-bond donors (Lipinski definition) is 2. The van der Waals surface area contributed by atoms with Crippen LogP contribution in [0.2, 0.25) is 0 Å². The smallest absolute Gasteiger partial charge is 0.416 e. The molecule has 0 radical (unpaired) electrons. The number of furan rings is 1. The van der Waals surface area contributed by atoms with Crippen LogP contribution in [0.3, 0.4) is 0 Å². The van der Waals surface area contributed by atoms with Crippen LogP contribution < -0.4 is 10.6 Å². The van der Waals surface area contributed by atoms with Gasteiger partial charge in [-0.3, -0.25) is 9.59 Å². The number of rotatable bonds is 6. The van der Waals surface area contributed by atoms with Crippen molar-refractivity contribution in [2.45, 2.75) is 12.6 Å². The molecule has 3 aromatic carbocycles. The molecule has 1 aromatic heterocycles. The van der Waals surface area contributed by atoms with Crippen LogP contribution >= 0.6 is 0 Å². The van der Waals surface area contributed by atoms with Crippen LogP contribution in [0.5, 0.6) is 0 Å². The predicted octanol–water partition coefficient (Wildman–Crippen LogP) is 4.69. The molecule has 0 bridgehead atoms. The summed E-state index contributed by atoms with van der Waals surface area (Å²) < 4.78 is 43.4. The number of carbonyl (C=O) groups is 2. The fraction of sp³-hybridized carbons (Fsp3) is 0.167. The molecule has 0 saturated carbocycles. The lowest BCUT2D eigenvalue weighted by molar-refractivity contribution is -0.137. The Hall–Kier alpha value is -3.81. The van der Waals surface area contributed by atoms with Crippen LogP contribution in [-0.4, -0.2) is 24.9 Å². The Kier molecular flexibility index (Phi) is 5.85. The number of fused-ring (bicyclic) bond motifs is 3. The molecular weight excluding hydrogens is 421 g/mol. The van der Waals surface area contributed by atoms with E-state index in [1.54, 1.807) is 6.26 Å². The lowest BCUT2D eigenvalue weighted by Crippen LogP contribution is -2.35. The van der Waals surface area contributed by atoms with Gasteiger partial charge in [-0.15, -0.1) is 0 Å². The molecule has 0 aliphatic heterocycles. The van der Waals surface area contributed by atoms with Gasteiger partial charge in [0.25, 0.3) is 5.91 Å². The number of hydrogen-bond acceptors (Lipinski definition) is 3. The van der Waals surface area contributed by atoms with Crippen LogP contribution in [-0.2, 0) is 17.4 Å². The molecule has 1 heterocycles. The third kappa shape index (κ3) is 4.59. The van der Waals surface area contributed by atoms with Gasteiger partial charge >= 0.3 is 6.18 Å². The molecule has 0 fully saturated rings. The zero-order valence-corrected chi connectivity index (χ0v) is 16.8. The molecule has 0 aliphatic rings. The van der Waals surface area contributed by atoms with Crippen LogP contribution in [0.15, 0.2) is 71.3 Å². The Bertz CT molecular complexity index is 1280. The quantitative estimate of drug-likeness (QED) is 0.427. The summed E-state index contributed by atoms with van der Waals surface area (Å²) in [6.45, 7) is 0.322. The largest absolute Gasteiger partial charge is 0.464 e. The van der Waals surface area contributed by atoms with Gasteiger partial charge in [-0.25, -0.2) is 0 Å². The summed E-state index contributed by atoms with van der Waals surface area (Å²) in [6, 6.07) is 15.6. The maximum atomic E-state index is 12.6. The van der Waals surface area contributed by atoms with Crippen molar-refractivity contribution >= 4 is 33.6 Å². The lowest BCUT2D eigenvalue weighted by Gasteiger charge is -2.09. The minimum atomic E-state index is -4.45. The van der Waals surface area contributed by atoms with Crippen LogP contribution in [0.25, 0.3) is 21.7 Å². The average Bonchev–Trinajstić information content (AvgIpc) is 3.19. The molecule has 8 heteroatoms. The molecular formula is C24H19F3N2O3. The van der Waals surface area contributed by atoms with Gasteiger partial charge in [0.2, 0.25) is 5.91 Å². The van der Waals surface area contributed by atoms with Crippen LogP contribution in [0.4, 0.5) is 13.2 Å². The Morgan fingerprint density at radius 1 is 0.875 bits per heavy atom. The van der Waals surface area contributed by atoms with Crippen molar-refractivity contribution in [3.8, 4) is 0 Å². The van der Waals surface area contributed by atoms with Crippen molar-refractivity contribution in [3.63, 3.8) is 0 Å². The van der Waals surface area contributed by atoms with E-state index in [1.165, 1.54) is 0 Å². The Balaban J connectivity index is 1.30. The molecule has 0 unspecified atom stereocenters. The summed E-state index contributed by atoms with van der Waals surface area (Å²) in [4.78, 5) is 24.4. The molecule has 2 amide bonds. The van der Waals surface area contributed by atoms with Gasteiger partial charge in [0.1, 0.15) is 5.58 Å². The summed E-state index contributed by atoms with van der Waals surface area (Å²) in [5.41, 5.74) is 0.764. The van der Waals surface area contributed by atoms with E-state index in [0.29, 0.717) is 5.58 Å². The first-order valence-electron chi connectivity index (χ1n) is 9.93. The summed E-state index contributed by atoms with van der Waals surface area (Å²) in [6.07, 6.45) is -2.76. The van der Waals surface area contributed by atoms with E-state index < -0.39 is 17.6 Å². The molecule has 5 nitrogen and oxygen atoms in total. The number of nitrogens with one attached hydrogen (secondary N) is 2. The van der Waals surface area contributed by atoms with Gasteiger partial charge in [0, 0.05) is 29.6 Å². The van der Waals surface area contributed by atoms with E-state index in [2.05, 4.69) is 10.6 Å². The molecule has 0 aliphatic carbocycles. The number of benzene rings is 3. The van der Waals surface area contributed by atoms with Crippen molar-refractivity contribution < 1.29 is 27.2 Å². The third-order valence-corrected chi connectivity index (χ3v) is 5.10. The van der Waals surface area contributed by atoms with Crippen molar-refractivity contribution in [3.05, 3.63) is 83.6 Å². The van der Waals surface area contributed by atoms with Crippen LogP contribution in [0, 0.1) is 0 Å². The number of amides is 2. The zero-order chi connectivity index (χ0) is 22.7. The second kappa shape index (κ2) is 8.74. The minimum Gasteiger partial charge on any atom is -0.464 e. The number of alkyl halides is 3. The normalized spacial score (nSPS) is 11.6. The molecule has 0 spiro atoms. The van der Waals surface area contributed by atoms with Gasteiger partial charge < -0.3 is 15.1 Å². The van der Waals surface area contributed by atoms with Crippen molar-refractivity contribution in [2.75, 3.05) is 13.1 Å². The standard InChI is InChI=1S/C24H19F3N2O3/c25-24(26,27)18-8-5-16(6-9-18)23(31)29-12-11-28-21(30)13-17-14-32-20-10-7-15-3-1-2-4-19(15)22(17)20/h1-10,14H,11-13H2,(H,28,30)(H,29,31). The van der Waals surface area contributed by atoms with Crippen molar-refractivity contribution in [2.24, 2.45) is 0 Å². The highest BCUT2D eigenvalue weighted by molar-refractivity contribution is 6.08.